The van der Waals surface area contributed by atoms with Crippen LogP contribution >= 0.6 is 0 Å². The predicted molar refractivity (Wildman–Crippen MR) is 60.5 cm³/mol. The molecule has 0 radical (unpaired) electrons. The lowest BCUT2D eigenvalue weighted by molar-refractivity contribution is 0.348. The van der Waals surface area contributed by atoms with Gasteiger partial charge in [0.2, 0.25) is 0 Å². The first-order chi connectivity index (χ1) is 5.65. The molecule has 0 rings (SSSR count). The van der Waals surface area contributed by atoms with E-state index in [0.717, 1.165) is 5.54 Å². The number of rotatable bonds is 6. The van der Waals surface area contributed by atoms with Crippen LogP contribution in [0.2, 0.25) is 11.6 Å². The highest BCUT2D eigenvalue weighted by atomic mass is 28.3. The smallest absolute Gasteiger partial charge is 0.0553 e. The van der Waals surface area contributed by atoms with Gasteiger partial charge in [-0.2, -0.15) is 0 Å². The molecule has 1 nitrogen and oxygen atoms in total. The molecule has 0 aliphatic heterocycles. The summed E-state index contributed by atoms with van der Waals surface area (Å²) in [4.78, 5) is 2.58. The van der Waals surface area contributed by atoms with Crippen molar-refractivity contribution in [2.45, 2.75) is 46.2 Å². The van der Waals surface area contributed by atoms with E-state index in [2.05, 4.69) is 39.5 Å². The summed E-state index contributed by atoms with van der Waals surface area (Å²) in [7, 11) is -0.453. The zero-order chi connectivity index (χ0) is 9.56. The monoisotopic (exact) mass is 187 g/mol. The van der Waals surface area contributed by atoms with Gasteiger partial charge in [0.1, 0.15) is 0 Å². The van der Waals surface area contributed by atoms with Crippen LogP contribution in [0, 0.1) is 0 Å². The Hall–Kier alpha value is 0.177. The average Bonchev–Trinajstić information content (AvgIpc) is 2.06. The molecule has 74 valence electrons. The molecule has 2 heteroatoms. The predicted octanol–water partition coefficient (Wildman–Crippen LogP) is 2.52. The quantitative estimate of drug-likeness (QED) is 0.578. The molecule has 0 heterocycles. The van der Waals surface area contributed by atoms with Crippen LogP contribution < -0.4 is 0 Å². The zero-order valence-corrected chi connectivity index (χ0v) is 10.6. The molecule has 0 aromatic carbocycles. The minimum Gasteiger partial charge on any atom is -0.307 e. The maximum absolute atomic E-state index is 2.58. The van der Waals surface area contributed by atoms with Crippen LogP contribution in [0.15, 0.2) is 0 Å². The molecule has 0 aromatic rings. The third-order valence-electron chi connectivity index (χ3n) is 2.85. The number of hydrogen-bond acceptors (Lipinski definition) is 1. The molecule has 0 spiro atoms. The van der Waals surface area contributed by atoms with E-state index in [1.165, 1.54) is 25.3 Å². The van der Waals surface area contributed by atoms with Gasteiger partial charge in [0.15, 0.2) is 0 Å². The number of nitrogens with zero attached hydrogens (tertiary/aromatic N) is 1. The second-order valence-corrected chi connectivity index (χ2v) is 7.93. The summed E-state index contributed by atoms with van der Waals surface area (Å²) < 4.78 is 0. The van der Waals surface area contributed by atoms with Crippen LogP contribution in [0.5, 0.6) is 0 Å². The van der Waals surface area contributed by atoms with Gasteiger partial charge in [-0.15, -0.1) is 0 Å². The Morgan fingerprint density at radius 3 is 1.83 bits per heavy atom. The van der Waals surface area contributed by atoms with E-state index in [-0.39, 0.29) is 0 Å². The maximum Gasteiger partial charge on any atom is 0.0553 e. The highest BCUT2D eigenvalue weighted by molar-refractivity contribution is 6.60. The SMILES string of the molecule is CCN(CC)C[SiH](CC)C(C)C. The van der Waals surface area contributed by atoms with Gasteiger partial charge >= 0.3 is 0 Å². The lowest BCUT2D eigenvalue weighted by Gasteiger charge is -2.25. The van der Waals surface area contributed by atoms with Crippen molar-refractivity contribution in [1.29, 1.82) is 0 Å². The third kappa shape index (κ3) is 4.26. The van der Waals surface area contributed by atoms with E-state index in [0.29, 0.717) is 0 Å². The van der Waals surface area contributed by atoms with E-state index < -0.39 is 8.80 Å². The van der Waals surface area contributed by atoms with Gasteiger partial charge in [-0.3, -0.25) is 0 Å². The largest absolute Gasteiger partial charge is 0.307 e. The highest BCUT2D eigenvalue weighted by Gasteiger charge is 2.15. The van der Waals surface area contributed by atoms with E-state index in [1.54, 1.807) is 0 Å². The molecule has 0 saturated carbocycles. The van der Waals surface area contributed by atoms with Crippen molar-refractivity contribution in [3.63, 3.8) is 0 Å². The van der Waals surface area contributed by atoms with E-state index in [1.807, 2.05) is 0 Å². The van der Waals surface area contributed by atoms with Gasteiger partial charge in [0.05, 0.1) is 8.80 Å². The molecule has 0 N–H and O–H groups in total. The Morgan fingerprint density at radius 1 is 1.08 bits per heavy atom. The van der Waals surface area contributed by atoms with Crippen molar-refractivity contribution in [1.82, 2.24) is 4.90 Å². The molecule has 1 atom stereocenters. The van der Waals surface area contributed by atoms with Crippen molar-refractivity contribution >= 4 is 8.80 Å². The molecule has 0 amide bonds. The van der Waals surface area contributed by atoms with Gasteiger partial charge in [0, 0.05) is 0 Å². The van der Waals surface area contributed by atoms with Crippen LogP contribution in [-0.2, 0) is 0 Å². The summed E-state index contributed by atoms with van der Waals surface area (Å²) >= 11 is 0. The van der Waals surface area contributed by atoms with Crippen molar-refractivity contribution in [3.8, 4) is 0 Å². The minimum absolute atomic E-state index is 0.453. The summed E-state index contributed by atoms with van der Waals surface area (Å²) in [5, 5.41) is 0. The average molecular weight is 187 g/mol. The first-order valence-corrected chi connectivity index (χ1v) is 7.67. The Bertz CT molecular complexity index is 100. The lowest BCUT2D eigenvalue weighted by Crippen LogP contribution is -2.36. The summed E-state index contributed by atoms with van der Waals surface area (Å²) in [6.07, 6.45) is 1.42. The van der Waals surface area contributed by atoms with Crippen LogP contribution in [0.3, 0.4) is 0 Å². The van der Waals surface area contributed by atoms with Gasteiger partial charge in [-0.25, -0.2) is 0 Å². The summed E-state index contributed by atoms with van der Waals surface area (Å²) in [6, 6.07) is 1.45. The van der Waals surface area contributed by atoms with Crippen molar-refractivity contribution in [2.75, 3.05) is 19.3 Å². The topological polar surface area (TPSA) is 3.24 Å². The van der Waals surface area contributed by atoms with Crippen molar-refractivity contribution in [2.24, 2.45) is 0 Å². The molecular formula is C10H25NSi. The van der Waals surface area contributed by atoms with E-state index >= 15 is 0 Å². The summed E-state index contributed by atoms with van der Waals surface area (Å²) in [6.45, 7) is 14.1. The first-order valence-electron chi connectivity index (χ1n) is 5.37. The van der Waals surface area contributed by atoms with E-state index in [4.69, 9.17) is 0 Å². The van der Waals surface area contributed by atoms with Gasteiger partial charge < -0.3 is 4.90 Å². The fourth-order valence-corrected chi connectivity index (χ4v) is 4.43. The second kappa shape index (κ2) is 6.67. The van der Waals surface area contributed by atoms with Crippen LogP contribution in [0.25, 0.3) is 0 Å². The zero-order valence-electron chi connectivity index (χ0n) is 9.43. The first kappa shape index (κ1) is 12.2. The molecular weight excluding hydrogens is 162 g/mol. The molecule has 0 saturated heterocycles. The van der Waals surface area contributed by atoms with Crippen molar-refractivity contribution in [3.05, 3.63) is 0 Å². The Morgan fingerprint density at radius 2 is 1.58 bits per heavy atom. The maximum atomic E-state index is 2.58. The molecule has 0 aliphatic rings. The molecule has 0 aromatic heterocycles. The van der Waals surface area contributed by atoms with Crippen molar-refractivity contribution < 1.29 is 0 Å². The molecule has 0 fully saturated rings. The highest BCUT2D eigenvalue weighted by Crippen LogP contribution is 2.12. The van der Waals surface area contributed by atoms with Gasteiger partial charge in [0.25, 0.3) is 0 Å². The fourth-order valence-electron chi connectivity index (χ4n) is 1.62. The lowest BCUT2D eigenvalue weighted by atomic mass is 10.6. The molecule has 12 heavy (non-hydrogen) atoms. The Kier molecular flexibility index (Phi) is 6.77. The number of hydrogen-bond donors (Lipinski definition) is 0. The molecule has 1 unspecified atom stereocenters. The molecule has 0 bridgehead atoms. The minimum atomic E-state index is -0.453. The molecule has 0 aliphatic carbocycles. The second-order valence-electron chi connectivity index (χ2n) is 3.90. The van der Waals surface area contributed by atoms with Gasteiger partial charge in [-0.1, -0.05) is 46.2 Å². The Labute approximate surface area is 79.8 Å². The van der Waals surface area contributed by atoms with Gasteiger partial charge in [-0.05, 0) is 19.3 Å². The summed E-state index contributed by atoms with van der Waals surface area (Å²) in [5.74, 6) is 0. The normalized spacial score (nSPS) is 14.2. The van der Waals surface area contributed by atoms with Crippen LogP contribution in [-0.4, -0.2) is 33.0 Å². The van der Waals surface area contributed by atoms with Crippen LogP contribution in [0.4, 0.5) is 0 Å². The Balaban J connectivity index is 3.82. The summed E-state index contributed by atoms with van der Waals surface area (Å²) in [5.41, 5.74) is 0.968. The standard InChI is InChI=1S/C10H25NSi/c1-6-11(7-2)9-12(8-3)10(4)5/h10,12H,6-9H2,1-5H3. The van der Waals surface area contributed by atoms with E-state index in [9.17, 15) is 0 Å². The third-order valence-corrected chi connectivity index (χ3v) is 6.77. The fraction of sp³-hybridized carbons (Fsp3) is 1.00. The van der Waals surface area contributed by atoms with Crippen LogP contribution in [0.1, 0.15) is 34.6 Å².